The van der Waals surface area contributed by atoms with Crippen molar-refractivity contribution in [3.05, 3.63) is 0 Å². The van der Waals surface area contributed by atoms with E-state index in [4.69, 9.17) is 5.73 Å². The van der Waals surface area contributed by atoms with Gasteiger partial charge in [0.05, 0.1) is 0 Å². The zero-order valence-corrected chi connectivity index (χ0v) is 14.9. The average Bonchev–Trinajstić information content (AvgIpc) is 2.65. The number of fused-ring (bicyclic) bond motifs is 5. The highest BCUT2D eigenvalue weighted by atomic mass is 14.7. The van der Waals surface area contributed by atoms with Crippen molar-refractivity contribution in [2.75, 3.05) is 6.54 Å². The Labute approximate surface area is 137 Å². The van der Waals surface area contributed by atoms with Gasteiger partial charge in [-0.3, -0.25) is 0 Å². The fourth-order valence-electron chi connectivity index (χ4n) is 7.63. The van der Waals surface area contributed by atoms with E-state index in [1.165, 1.54) is 44.9 Å². The molecule has 5 fully saturated rings. The second kappa shape index (κ2) is 5.80. The number of hydrogen-bond donors (Lipinski definition) is 1. The maximum atomic E-state index is 6.26. The second-order valence-corrected chi connectivity index (χ2v) is 9.68. The zero-order chi connectivity index (χ0) is 15.3. The summed E-state index contributed by atoms with van der Waals surface area (Å²) >= 11 is 0. The lowest BCUT2D eigenvalue weighted by atomic mass is 9.46. The first-order chi connectivity index (χ1) is 10.7. The van der Waals surface area contributed by atoms with Crippen LogP contribution in [0.15, 0.2) is 0 Å². The molecular weight excluding hydrogens is 266 g/mol. The molecule has 22 heavy (non-hydrogen) atoms. The van der Waals surface area contributed by atoms with Crippen LogP contribution in [0.3, 0.4) is 0 Å². The van der Waals surface area contributed by atoms with Crippen molar-refractivity contribution < 1.29 is 0 Å². The Balaban J connectivity index is 1.75. The van der Waals surface area contributed by atoms with E-state index in [2.05, 4.69) is 13.8 Å². The lowest BCUT2D eigenvalue weighted by molar-refractivity contribution is -0.100. The molecule has 1 heteroatoms. The molecule has 5 bridgehead atoms. The van der Waals surface area contributed by atoms with Crippen molar-refractivity contribution in [1.29, 1.82) is 0 Å². The van der Waals surface area contributed by atoms with Crippen molar-refractivity contribution in [1.82, 2.24) is 0 Å². The van der Waals surface area contributed by atoms with Crippen LogP contribution in [-0.2, 0) is 0 Å². The second-order valence-electron chi connectivity index (χ2n) is 9.68. The smallest absolute Gasteiger partial charge is 0.00433 e. The third kappa shape index (κ3) is 2.21. The van der Waals surface area contributed by atoms with Crippen LogP contribution in [0.5, 0.6) is 0 Å². The van der Waals surface area contributed by atoms with E-state index in [9.17, 15) is 0 Å². The maximum absolute atomic E-state index is 6.26. The molecule has 5 saturated carbocycles. The van der Waals surface area contributed by atoms with Crippen LogP contribution in [0.4, 0.5) is 0 Å². The highest BCUT2D eigenvalue weighted by molar-refractivity contribution is 5.06. The molecule has 7 atom stereocenters. The predicted octanol–water partition coefficient (Wildman–Crippen LogP) is 5.24. The van der Waals surface area contributed by atoms with Gasteiger partial charge in [0.1, 0.15) is 0 Å². The fourth-order valence-corrected chi connectivity index (χ4v) is 7.63. The SMILES string of the molecule is CC(C)C12CCC3CCC1CCCCC1C(CN)C(C2)C1C3. The van der Waals surface area contributed by atoms with Crippen LogP contribution in [-0.4, -0.2) is 6.54 Å². The van der Waals surface area contributed by atoms with Crippen LogP contribution in [0.1, 0.15) is 78.1 Å². The molecule has 5 aliphatic carbocycles. The van der Waals surface area contributed by atoms with Gasteiger partial charge in [0.25, 0.3) is 0 Å². The Morgan fingerprint density at radius 2 is 1.77 bits per heavy atom. The summed E-state index contributed by atoms with van der Waals surface area (Å²) in [6.45, 7) is 6.06. The molecule has 5 aliphatic rings. The number of hydrogen-bond acceptors (Lipinski definition) is 1. The van der Waals surface area contributed by atoms with E-state index in [-0.39, 0.29) is 0 Å². The minimum Gasteiger partial charge on any atom is -0.330 e. The first-order valence-corrected chi connectivity index (χ1v) is 10.4. The maximum Gasteiger partial charge on any atom is -0.00433 e. The Hall–Kier alpha value is -0.0400. The van der Waals surface area contributed by atoms with Gasteiger partial charge in [-0.1, -0.05) is 33.1 Å². The van der Waals surface area contributed by atoms with Crippen molar-refractivity contribution in [2.24, 2.45) is 52.6 Å². The molecule has 2 N–H and O–H groups in total. The van der Waals surface area contributed by atoms with Crippen LogP contribution in [0.25, 0.3) is 0 Å². The Morgan fingerprint density at radius 1 is 0.955 bits per heavy atom. The summed E-state index contributed by atoms with van der Waals surface area (Å²) in [7, 11) is 0. The lowest BCUT2D eigenvalue weighted by Crippen LogP contribution is -2.54. The first-order valence-electron chi connectivity index (χ1n) is 10.4. The predicted molar refractivity (Wildman–Crippen MR) is 93.4 cm³/mol. The van der Waals surface area contributed by atoms with E-state index in [0.29, 0.717) is 5.41 Å². The van der Waals surface area contributed by atoms with Crippen LogP contribution in [0, 0.1) is 46.8 Å². The molecule has 0 aromatic heterocycles. The molecule has 126 valence electrons. The summed E-state index contributed by atoms with van der Waals surface area (Å²) in [5.41, 5.74) is 6.92. The highest BCUT2D eigenvalue weighted by Gasteiger charge is 2.56. The van der Waals surface area contributed by atoms with Crippen molar-refractivity contribution in [3.8, 4) is 0 Å². The molecule has 0 spiro atoms. The quantitative estimate of drug-likeness (QED) is 0.741. The van der Waals surface area contributed by atoms with Gasteiger partial charge >= 0.3 is 0 Å². The third-order valence-corrected chi connectivity index (χ3v) is 8.94. The van der Waals surface area contributed by atoms with E-state index < -0.39 is 0 Å². The van der Waals surface area contributed by atoms with Gasteiger partial charge in [-0.2, -0.15) is 0 Å². The molecule has 0 radical (unpaired) electrons. The summed E-state index contributed by atoms with van der Waals surface area (Å²) in [5.74, 6) is 6.84. The molecule has 5 rings (SSSR count). The summed E-state index contributed by atoms with van der Waals surface area (Å²) in [5, 5.41) is 0. The zero-order valence-electron chi connectivity index (χ0n) is 14.9. The molecule has 0 aromatic carbocycles. The lowest BCUT2D eigenvalue weighted by Gasteiger charge is -2.59. The van der Waals surface area contributed by atoms with Gasteiger partial charge < -0.3 is 5.73 Å². The normalized spacial score (nSPS) is 51.3. The summed E-state index contributed by atoms with van der Waals surface area (Å²) in [6, 6.07) is 0. The Kier molecular flexibility index (Phi) is 4.08. The van der Waals surface area contributed by atoms with Gasteiger partial charge in [-0.15, -0.1) is 0 Å². The molecule has 7 unspecified atom stereocenters. The van der Waals surface area contributed by atoms with Crippen molar-refractivity contribution >= 4 is 0 Å². The fraction of sp³-hybridized carbons (Fsp3) is 1.00. The summed E-state index contributed by atoms with van der Waals surface area (Å²) in [6.07, 6.45) is 15.3. The standard InChI is InChI=1S/C21H37N/c1-14(2)21-10-9-15-7-8-16(21)5-3-4-6-17-18(11-15)19(12-21)20(17)13-22/h14-20H,3-13,22H2,1-2H3. The topological polar surface area (TPSA) is 26.0 Å². The van der Waals surface area contributed by atoms with Gasteiger partial charge in [0.15, 0.2) is 0 Å². The molecule has 0 aliphatic heterocycles. The molecule has 0 amide bonds. The van der Waals surface area contributed by atoms with Crippen LogP contribution >= 0.6 is 0 Å². The molecule has 0 heterocycles. The van der Waals surface area contributed by atoms with Gasteiger partial charge in [0, 0.05) is 0 Å². The van der Waals surface area contributed by atoms with Crippen LogP contribution < -0.4 is 5.73 Å². The van der Waals surface area contributed by atoms with Crippen LogP contribution in [0.2, 0.25) is 0 Å². The van der Waals surface area contributed by atoms with E-state index in [0.717, 1.165) is 48.0 Å². The van der Waals surface area contributed by atoms with Crippen molar-refractivity contribution in [3.63, 3.8) is 0 Å². The molecular formula is C21H37N. The van der Waals surface area contributed by atoms with Gasteiger partial charge in [0.2, 0.25) is 0 Å². The molecule has 0 saturated heterocycles. The molecule has 1 nitrogen and oxygen atoms in total. The monoisotopic (exact) mass is 303 g/mol. The Morgan fingerprint density at radius 3 is 2.55 bits per heavy atom. The van der Waals surface area contributed by atoms with Gasteiger partial charge in [-0.05, 0) is 98.3 Å². The minimum absolute atomic E-state index is 0.661. The third-order valence-electron chi connectivity index (χ3n) is 8.94. The van der Waals surface area contributed by atoms with Crippen molar-refractivity contribution in [2.45, 2.75) is 78.1 Å². The van der Waals surface area contributed by atoms with Gasteiger partial charge in [-0.25, -0.2) is 0 Å². The molecule has 0 aromatic rings. The Bertz CT molecular complexity index is 403. The largest absolute Gasteiger partial charge is 0.330 e. The van der Waals surface area contributed by atoms with E-state index in [1.807, 2.05) is 0 Å². The highest BCUT2D eigenvalue weighted by Crippen LogP contribution is 2.64. The first kappa shape index (κ1) is 15.5. The number of rotatable bonds is 2. The number of nitrogens with two attached hydrogens (primary N) is 1. The summed E-state index contributed by atoms with van der Waals surface area (Å²) in [4.78, 5) is 0. The van der Waals surface area contributed by atoms with E-state index in [1.54, 1.807) is 19.3 Å². The minimum atomic E-state index is 0.661. The van der Waals surface area contributed by atoms with E-state index >= 15 is 0 Å². The summed E-state index contributed by atoms with van der Waals surface area (Å²) < 4.78 is 0. The average molecular weight is 304 g/mol.